The summed E-state index contributed by atoms with van der Waals surface area (Å²) in [6.45, 7) is 8.14. The molecule has 2 unspecified atom stereocenters. The number of carbonyl (C=O) groups is 1. The van der Waals surface area contributed by atoms with Gasteiger partial charge < -0.3 is 5.32 Å². The van der Waals surface area contributed by atoms with Crippen LogP contribution in [0, 0.1) is 18.8 Å². The summed E-state index contributed by atoms with van der Waals surface area (Å²) in [6, 6.07) is 7.97. The molecule has 2 nitrogen and oxygen atoms in total. The molecule has 1 N–H and O–H groups in total. The van der Waals surface area contributed by atoms with E-state index in [4.69, 9.17) is 0 Å². The maximum atomic E-state index is 12.4. The minimum Gasteiger partial charge on any atom is -0.326 e. The summed E-state index contributed by atoms with van der Waals surface area (Å²) in [5.74, 6) is 0.586. The topological polar surface area (TPSA) is 29.1 Å². The fraction of sp³-hybridized carbons (Fsp3) is 0.471. The number of hydrogen-bond donors (Lipinski definition) is 1. The van der Waals surface area contributed by atoms with Crippen molar-refractivity contribution < 1.29 is 4.79 Å². The zero-order chi connectivity index (χ0) is 13.8. The first-order chi connectivity index (χ1) is 9.08. The van der Waals surface area contributed by atoms with Crippen molar-refractivity contribution >= 4 is 11.6 Å². The molecule has 0 saturated heterocycles. The van der Waals surface area contributed by atoms with Crippen LogP contribution in [0.5, 0.6) is 0 Å². The Hall–Kier alpha value is -1.57. The summed E-state index contributed by atoms with van der Waals surface area (Å²) in [7, 11) is 0. The summed E-state index contributed by atoms with van der Waals surface area (Å²) >= 11 is 0. The van der Waals surface area contributed by atoms with Crippen LogP contribution in [-0.4, -0.2) is 5.91 Å². The van der Waals surface area contributed by atoms with Crippen LogP contribution >= 0.6 is 0 Å². The smallest absolute Gasteiger partial charge is 0.228 e. The second kappa shape index (κ2) is 6.05. The molecule has 1 aromatic carbocycles. The van der Waals surface area contributed by atoms with Crippen LogP contribution in [0.2, 0.25) is 0 Å². The number of amides is 1. The average Bonchev–Trinajstić information content (AvgIpc) is 2.41. The van der Waals surface area contributed by atoms with Crippen LogP contribution in [0.1, 0.15) is 38.2 Å². The minimum absolute atomic E-state index is 0.0903. The number of carbonyl (C=O) groups excluding carboxylic acids is 1. The molecule has 1 aliphatic rings. The normalized spacial score (nSPS) is 22.8. The Kier molecular flexibility index (Phi) is 4.41. The number of aryl methyl sites for hydroxylation is 1. The molecule has 0 heterocycles. The van der Waals surface area contributed by atoms with E-state index in [1.54, 1.807) is 0 Å². The second-order valence-corrected chi connectivity index (χ2v) is 5.70. The highest BCUT2D eigenvalue weighted by molar-refractivity contribution is 5.93. The molecular weight excluding hydrogens is 234 g/mol. The zero-order valence-electron chi connectivity index (χ0n) is 11.9. The zero-order valence-corrected chi connectivity index (χ0v) is 11.9. The highest BCUT2D eigenvalue weighted by Crippen LogP contribution is 2.35. The summed E-state index contributed by atoms with van der Waals surface area (Å²) in [5.41, 5.74) is 3.24. The molecule has 102 valence electrons. The van der Waals surface area contributed by atoms with Crippen LogP contribution < -0.4 is 5.32 Å². The van der Waals surface area contributed by atoms with Crippen molar-refractivity contribution in [3.63, 3.8) is 0 Å². The van der Waals surface area contributed by atoms with Gasteiger partial charge in [-0.25, -0.2) is 0 Å². The van der Waals surface area contributed by atoms with Crippen molar-refractivity contribution in [3.05, 3.63) is 42.0 Å². The summed E-state index contributed by atoms with van der Waals surface area (Å²) < 4.78 is 0. The molecule has 0 aliphatic heterocycles. The first-order valence-corrected chi connectivity index (χ1v) is 7.11. The van der Waals surface area contributed by atoms with E-state index in [2.05, 4.69) is 11.9 Å². The van der Waals surface area contributed by atoms with Crippen molar-refractivity contribution in [3.8, 4) is 0 Å². The third-order valence-corrected chi connectivity index (χ3v) is 4.05. The monoisotopic (exact) mass is 257 g/mol. The van der Waals surface area contributed by atoms with E-state index in [-0.39, 0.29) is 11.8 Å². The average molecular weight is 257 g/mol. The first-order valence-electron chi connectivity index (χ1n) is 7.11. The summed E-state index contributed by atoms with van der Waals surface area (Å²) in [6.07, 6.45) is 4.44. The maximum Gasteiger partial charge on any atom is 0.228 e. The fourth-order valence-corrected chi connectivity index (χ4v) is 2.91. The number of anilines is 1. The van der Waals surface area contributed by atoms with Gasteiger partial charge in [0, 0.05) is 11.6 Å². The third-order valence-electron chi connectivity index (χ3n) is 4.05. The molecule has 0 spiro atoms. The molecule has 1 fully saturated rings. The molecule has 1 saturated carbocycles. The lowest BCUT2D eigenvalue weighted by molar-refractivity contribution is -0.122. The van der Waals surface area contributed by atoms with Crippen LogP contribution in [0.3, 0.4) is 0 Å². The molecule has 1 amide bonds. The number of rotatable bonds is 3. The standard InChI is InChI=1S/C17H23NO/c1-12(2)15-6-4-5-7-16(15)17(19)18-14-10-8-13(3)9-11-14/h8-11,15-16H,1,4-7H2,2-3H3,(H,18,19). The van der Waals surface area contributed by atoms with Gasteiger partial charge in [-0.3, -0.25) is 4.79 Å². The molecule has 19 heavy (non-hydrogen) atoms. The predicted octanol–water partition coefficient (Wildman–Crippen LogP) is 4.32. The molecule has 2 atom stereocenters. The van der Waals surface area contributed by atoms with Crippen LogP contribution in [0.4, 0.5) is 5.69 Å². The Morgan fingerprint density at radius 1 is 1.16 bits per heavy atom. The quantitative estimate of drug-likeness (QED) is 0.803. The molecule has 0 bridgehead atoms. The largest absolute Gasteiger partial charge is 0.326 e. The molecule has 0 aromatic heterocycles. The van der Waals surface area contributed by atoms with E-state index in [9.17, 15) is 4.79 Å². The van der Waals surface area contributed by atoms with Gasteiger partial charge in [-0.1, -0.05) is 42.7 Å². The van der Waals surface area contributed by atoms with Crippen molar-refractivity contribution in [2.45, 2.75) is 39.5 Å². The Labute approximate surface area is 115 Å². The van der Waals surface area contributed by atoms with Gasteiger partial charge in [0.1, 0.15) is 0 Å². The van der Waals surface area contributed by atoms with Crippen molar-refractivity contribution in [2.75, 3.05) is 5.32 Å². The van der Waals surface area contributed by atoms with Crippen LogP contribution in [-0.2, 0) is 4.79 Å². The Morgan fingerprint density at radius 2 is 1.74 bits per heavy atom. The van der Waals surface area contributed by atoms with Gasteiger partial charge in [0.2, 0.25) is 5.91 Å². The van der Waals surface area contributed by atoms with Crippen molar-refractivity contribution in [1.82, 2.24) is 0 Å². The minimum atomic E-state index is 0.0903. The maximum absolute atomic E-state index is 12.4. The van der Waals surface area contributed by atoms with E-state index in [1.807, 2.05) is 38.1 Å². The fourth-order valence-electron chi connectivity index (χ4n) is 2.91. The van der Waals surface area contributed by atoms with Gasteiger partial charge >= 0.3 is 0 Å². The van der Waals surface area contributed by atoms with Gasteiger partial charge in [0.15, 0.2) is 0 Å². The van der Waals surface area contributed by atoms with Crippen molar-refractivity contribution in [1.29, 1.82) is 0 Å². The molecule has 1 aromatic rings. The molecular formula is C17H23NO. The number of nitrogens with one attached hydrogen (secondary N) is 1. The van der Waals surface area contributed by atoms with E-state index >= 15 is 0 Å². The van der Waals surface area contributed by atoms with E-state index < -0.39 is 0 Å². The SMILES string of the molecule is C=C(C)C1CCCCC1C(=O)Nc1ccc(C)cc1. The number of hydrogen-bond acceptors (Lipinski definition) is 1. The third kappa shape index (κ3) is 3.46. The molecule has 2 rings (SSSR count). The lowest BCUT2D eigenvalue weighted by Gasteiger charge is -2.31. The van der Waals surface area contributed by atoms with Gasteiger partial charge in [-0.15, -0.1) is 0 Å². The van der Waals surface area contributed by atoms with Crippen LogP contribution in [0.25, 0.3) is 0 Å². The van der Waals surface area contributed by atoms with E-state index in [0.717, 1.165) is 30.5 Å². The lowest BCUT2D eigenvalue weighted by Crippen LogP contribution is -2.32. The Morgan fingerprint density at radius 3 is 2.32 bits per heavy atom. The van der Waals surface area contributed by atoms with Gasteiger partial charge in [0.25, 0.3) is 0 Å². The number of benzene rings is 1. The second-order valence-electron chi connectivity index (χ2n) is 5.70. The molecule has 2 heteroatoms. The Bertz CT molecular complexity index is 461. The highest BCUT2D eigenvalue weighted by atomic mass is 16.1. The van der Waals surface area contributed by atoms with Gasteiger partial charge in [-0.05, 0) is 44.7 Å². The van der Waals surface area contributed by atoms with E-state index in [0.29, 0.717) is 5.92 Å². The highest BCUT2D eigenvalue weighted by Gasteiger charge is 2.31. The Balaban J connectivity index is 2.05. The van der Waals surface area contributed by atoms with Crippen LogP contribution in [0.15, 0.2) is 36.4 Å². The summed E-state index contributed by atoms with van der Waals surface area (Å²) in [5, 5.41) is 3.04. The number of allylic oxidation sites excluding steroid dienone is 1. The first kappa shape index (κ1) is 13.9. The molecule has 0 radical (unpaired) electrons. The van der Waals surface area contributed by atoms with Gasteiger partial charge in [0.05, 0.1) is 0 Å². The summed E-state index contributed by atoms with van der Waals surface area (Å²) in [4.78, 5) is 12.4. The predicted molar refractivity (Wildman–Crippen MR) is 80.1 cm³/mol. The van der Waals surface area contributed by atoms with E-state index in [1.165, 1.54) is 12.0 Å². The lowest BCUT2D eigenvalue weighted by atomic mass is 9.75. The molecule has 1 aliphatic carbocycles. The van der Waals surface area contributed by atoms with Crippen molar-refractivity contribution in [2.24, 2.45) is 11.8 Å². The van der Waals surface area contributed by atoms with Gasteiger partial charge in [-0.2, -0.15) is 0 Å².